The number of hydrogen-bond donors (Lipinski definition) is 1. The fourth-order valence-electron chi connectivity index (χ4n) is 5.47. The van der Waals surface area contributed by atoms with E-state index < -0.39 is 5.60 Å². The molecule has 4 heterocycles. The number of furan rings is 1. The van der Waals surface area contributed by atoms with Crippen molar-refractivity contribution in [1.82, 2.24) is 9.80 Å². The second-order valence-corrected chi connectivity index (χ2v) is 8.40. The summed E-state index contributed by atoms with van der Waals surface area (Å²) in [5.74, 6) is 0.939. The zero-order chi connectivity index (χ0) is 17.6. The summed E-state index contributed by atoms with van der Waals surface area (Å²) in [4.78, 5) is 17.5. The minimum atomic E-state index is -0.874. The molecule has 1 N–H and O–H groups in total. The van der Waals surface area contributed by atoms with E-state index in [1.807, 2.05) is 12.1 Å². The number of carbonyl (C=O) groups excluding carboxylic acids is 1. The molecule has 0 saturated carbocycles. The van der Waals surface area contributed by atoms with Crippen molar-refractivity contribution in [1.29, 1.82) is 0 Å². The molecule has 3 aliphatic heterocycles. The maximum absolute atomic E-state index is 13.0. The Balaban J connectivity index is 1.45. The van der Waals surface area contributed by atoms with Gasteiger partial charge in [0.25, 0.3) is 0 Å². The minimum absolute atomic E-state index is 0.264. The van der Waals surface area contributed by atoms with Crippen LogP contribution in [0.3, 0.4) is 0 Å². The van der Waals surface area contributed by atoms with Crippen molar-refractivity contribution < 1.29 is 14.3 Å². The Hall–Kier alpha value is -1.33. The Morgan fingerprint density at radius 2 is 1.84 bits per heavy atom. The van der Waals surface area contributed by atoms with Gasteiger partial charge in [-0.25, -0.2) is 0 Å². The number of likely N-dealkylation sites (tertiary alicyclic amines) is 1. The van der Waals surface area contributed by atoms with Gasteiger partial charge in [0.2, 0.25) is 5.91 Å². The Morgan fingerprint density at radius 3 is 2.40 bits per heavy atom. The predicted octanol–water partition coefficient (Wildman–Crippen LogP) is 2.88. The summed E-state index contributed by atoms with van der Waals surface area (Å²) in [6.45, 7) is 4.85. The van der Waals surface area contributed by atoms with Gasteiger partial charge in [0.05, 0.1) is 12.8 Å². The van der Waals surface area contributed by atoms with E-state index in [-0.39, 0.29) is 18.0 Å². The van der Waals surface area contributed by atoms with Crippen LogP contribution in [-0.2, 0) is 10.4 Å². The maximum atomic E-state index is 13.0. The first-order chi connectivity index (χ1) is 12.0. The van der Waals surface area contributed by atoms with Crippen LogP contribution in [0, 0.1) is 0 Å². The van der Waals surface area contributed by atoms with Crippen LogP contribution < -0.4 is 0 Å². The van der Waals surface area contributed by atoms with Crippen LogP contribution in [0.2, 0.25) is 0 Å². The highest BCUT2D eigenvalue weighted by Gasteiger charge is 2.50. The van der Waals surface area contributed by atoms with E-state index in [0.717, 1.165) is 25.7 Å². The first kappa shape index (κ1) is 17.1. The fraction of sp³-hybridized carbons (Fsp3) is 0.750. The largest absolute Gasteiger partial charge is 0.466 e. The van der Waals surface area contributed by atoms with Gasteiger partial charge in [0, 0.05) is 24.2 Å². The molecule has 5 heteroatoms. The molecule has 0 spiro atoms. The molecule has 0 aromatic carbocycles. The van der Waals surface area contributed by atoms with Crippen LogP contribution in [0.1, 0.15) is 64.6 Å². The van der Waals surface area contributed by atoms with Gasteiger partial charge in [0.1, 0.15) is 11.4 Å². The maximum Gasteiger partial charge on any atom is 0.237 e. The molecular weight excluding hydrogens is 316 g/mol. The van der Waals surface area contributed by atoms with Crippen LogP contribution in [-0.4, -0.2) is 51.5 Å². The van der Waals surface area contributed by atoms with E-state index in [0.29, 0.717) is 37.2 Å². The van der Waals surface area contributed by atoms with Crippen molar-refractivity contribution in [2.24, 2.45) is 0 Å². The Kier molecular flexibility index (Phi) is 4.40. The smallest absolute Gasteiger partial charge is 0.237 e. The Bertz CT molecular complexity index is 590. The molecular formula is C20H30N2O3. The van der Waals surface area contributed by atoms with Crippen LogP contribution >= 0.6 is 0 Å². The number of fused-ring (bicyclic) bond motifs is 2. The lowest BCUT2D eigenvalue weighted by atomic mass is 9.84. The number of aliphatic hydroxyl groups is 1. The van der Waals surface area contributed by atoms with E-state index in [1.165, 1.54) is 6.42 Å². The molecule has 1 aromatic heterocycles. The fourth-order valence-corrected chi connectivity index (χ4v) is 5.47. The average molecular weight is 346 g/mol. The zero-order valence-corrected chi connectivity index (χ0v) is 15.4. The molecule has 0 unspecified atom stereocenters. The third-order valence-electron chi connectivity index (χ3n) is 6.70. The highest BCUT2D eigenvalue weighted by Crippen LogP contribution is 2.45. The third kappa shape index (κ3) is 3.02. The molecule has 138 valence electrons. The normalized spacial score (nSPS) is 38.9. The number of hydrogen-bond acceptors (Lipinski definition) is 4. The summed E-state index contributed by atoms with van der Waals surface area (Å²) >= 11 is 0. The first-order valence-electron chi connectivity index (χ1n) is 9.81. The summed E-state index contributed by atoms with van der Waals surface area (Å²) in [7, 11) is 0. The summed E-state index contributed by atoms with van der Waals surface area (Å²) < 4.78 is 5.50. The SMILES string of the molecule is C[C@H]1CCC[C@H](C)N1C(=O)CN1[C@@H]2CC[C@@H]1CC(O)(c1ccco1)C2. The summed E-state index contributed by atoms with van der Waals surface area (Å²) in [6.07, 6.45) is 8.52. The molecule has 2 bridgehead atoms. The lowest BCUT2D eigenvalue weighted by Crippen LogP contribution is -2.55. The topological polar surface area (TPSA) is 56.9 Å². The molecule has 1 aromatic rings. The molecule has 4 atom stereocenters. The molecule has 3 saturated heterocycles. The summed E-state index contributed by atoms with van der Waals surface area (Å²) in [5.41, 5.74) is -0.874. The van der Waals surface area contributed by atoms with Crippen LogP contribution in [0.4, 0.5) is 0 Å². The summed E-state index contributed by atoms with van der Waals surface area (Å²) in [6, 6.07) is 4.94. The van der Waals surface area contributed by atoms with E-state index >= 15 is 0 Å². The van der Waals surface area contributed by atoms with Gasteiger partial charge < -0.3 is 14.4 Å². The van der Waals surface area contributed by atoms with E-state index in [4.69, 9.17) is 4.42 Å². The quantitative estimate of drug-likeness (QED) is 0.914. The zero-order valence-electron chi connectivity index (χ0n) is 15.4. The Labute approximate surface area is 150 Å². The molecule has 4 rings (SSSR count). The highest BCUT2D eigenvalue weighted by atomic mass is 16.4. The van der Waals surface area contributed by atoms with Crippen molar-refractivity contribution in [3.63, 3.8) is 0 Å². The molecule has 0 aliphatic carbocycles. The molecule has 0 radical (unpaired) electrons. The van der Waals surface area contributed by atoms with Gasteiger partial charge >= 0.3 is 0 Å². The Morgan fingerprint density at radius 1 is 1.20 bits per heavy atom. The first-order valence-corrected chi connectivity index (χ1v) is 9.81. The van der Waals surface area contributed by atoms with Crippen molar-refractivity contribution >= 4 is 5.91 Å². The van der Waals surface area contributed by atoms with Gasteiger partial charge in [-0.3, -0.25) is 9.69 Å². The lowest BCUT2D eigenvalue weighted by Gasteiger charge is -2.45. The molecule has 1 amide bonds. The number of rotatable bonds is 3. The van der Waals surface area contributed by atoms with Crippen molar-refractivity contribution in [3.05, 3.63) is 24.2 Å². The van der Waals surface area contributed by atoms with Crippen molar-refractivity contribution in [2.45, 2.75) is 88.6 Å². The number of nitrogens with zero attached hydrogens (tertiary/aromatic N) is 2. The van der Waals surface area contributed by atoms with Crippen molar-refractivity contribution in [2.75, 3.05) is 6.54 Å². The standard InChI is InChI=1S/C20H30N2O3/c1-14-5-3-6-15(2)22(14)19(23)13-21-16-8-9-17(21)12-20(24,11-16)18-7-4-10-25-18/h4,7,10,14-17,24H,3,5-6,8-9,11-13H2,1-2H3/t14-,15-,16+,17+/m0/s1. The van der Waals surface area contributed by atoms with E-state index in [1.54, 1.807) is 6.26 Å². The van der Waals surface area contributed by atoms with Gasteiger partial charge in [-0.05, 0) is 70.9 Å². The average Bonchev–Trinajstić information content (AvgIpc) is 3.17. The molecule has 5 nitrogen and oxygen atoms in total. The van der Waals surface area contributed by atoms with E-state index in [9.17, 15) is 9.90 Å². The van der Waals surface area contributed by atoms with Crippen molar-refractivity contribution in [3.8, 4) is 0 Å². The van der Waals surface area contributed by atoms with Crippen LogP contribution in [0.25, 0.3) is 0 Å². The van der Waals surface area contributed by atoms with Crippen LogP contribution in [0.5, 0.6) is 0 Å². The number of carbonyl (C=O) groups is 1. The minimum Gasteiger partial charge on any atom is -0.466 e. The molecule has 3 aliphatic rings. The van der Waals surface area contributed by atoms with Gasteiger partial charge in [-0.1, -0.05) is 0 Å². The second kappa shape index (κ2) is 6.44. The predicted molar refractivity (Wildman–Crippen MR) is 95.0 cm³/mol. The van der Waals surface area contributed by atoms with Crippen LogP contribution in [0.15, 0.2) is 22.8 Å². The monoisotopic (exact) mass is 346 g/mol. The molecule has 3 fully saturated rings. The number of amides is 1. The van der Waals surface area contributed by atoms with E-state index in [2.05, 4.69) is 23.6 Å². The second-order valence-electron chi connectivity index (χ2n) is 8.40. The molecule has 25 heavy (non-hydrogen) atoms. The number of piperidine rings is 2. The lowest BCUT2D eigenvalue weighted by molar-refractivity contribution is -0.142. The third-order valence-corrected chi connectivity index (χ3v) is 6.70. The summed E-state index contributed by atoms with van der Waals surface area (Å²) in [5, 5.41) is 11.1. The van der Waals surface area contributed by atoms with Gasteiger partial charge in [-0.2, -0.15) is 0 Å². The van der Waals surface area contributed by atoms with Gasteiger partial charge in [-0.15, -0.1) is 0 Å². The van der Waals surface area contributed by atoms with Gasteiger partial charge in [0.15, 0.2) is 0 Å². The highest BCUT2D eigenvalue weighted by molar-refractivity contribution is 5.79.